The number of ketones is 1. The molecule has 5 heteroatoms. The van der Waals surface area contributed by atoms with Gasteiger partial charge in [-0.2, -0.15) is 0 Å². The van der Waals surface area contributed by atoms with Crippen LogP contribution >= 0.6 is 11.6 Å². The molecule has 0 aliphatic heterocycles. The average molecular weight is 353 g/mol. The number of halogens is 1. The summed E-state index contributed by atoms with van der Waals surface area (Å²) in [5, 5.41) is 1.32. The lowest BCUT2D eigenvalue weighted by atomic mass is 9.80. The van der Waals surface area contributed by atoms with Crippen molar-refractivity contribution in [2.45, 2.75) is 18.8 Å². The van der Waals surface area contributed by atoms with E-state index in [9.17, 15) is 4.79 Å². The Morgan fingerprint density at radius 3 is 2.64 bits per heavy atom. The second-order valence-corrected chi connectivity index (χ2v) is 6.75. The number of anilines is 1. The van der Waals surface area contributed by atoms with Crippen molar-refractivity contribution in [1.29, 1.82) is 0 Å². The molecule has 1 aromatic heterocycles. The Morgan fingerprint density at radius 2 is 1.92 bits per heavy atom. The summed E-state index contributed by atoms with van der Waals surface area (Å²) in [6.45, 7) is 0. The molecule has 2 N–H and O–H groups in total. The van der Waals surface area contributed by atoms with Crippen LogP contribution in [0.2, 0.25) is 5.02 Å². The van der Waals surface area contributed by atoms with Crippen molar-refractivity contribution >= 4 is 34.0 Å². The van der Waals surface area contributed by atoms with Gasteiger partial charge in [0.05, 0.1) is 29.6 Å². The molecule has 1 atom stereocenters. The van der Waals surface area contributed by atoms with E-state index in [0.717, 1.165) is 27.9 Å². The van der Waals surface area contributed by atoms with Gasteiger partial charge in [0.25, 0.3) is 0 Å². The van der Waals surface area contributed by atoms with Gasteiger partial charge in [-0.3, -0.25) is 9.78 Å². The fourth-order valence-electron chi connectivity index (χ4n) is 3.51. The van der Waals surface area contributed by atoms with Gasteiger partial charge in [0.2, 0.25) is 0 Å². The van der Waals surface area contributed by atoms with Crippen molar-refractivity contribution in [3.8, 4) is 5.75 Å². The first-order chi connectivity index (χ1) is 12.1. The van der Waals surface area contributed by atoms with Gasteiger partial charge in [-0.1, -0.05) is 23.7 Å². The maximum atomic E-state index is 12.8. The maximum absolute atomic E-state index is 12.8. The van der Waals surface area contributed by atoms with E-state index in [1.807, 2.05) is 30.3 Å². The van der Waals surface area contributed by atoms with E-state index >= 15 is 0 Å². The molecular weight excluding hydrogens is 336 g/mol. The average Bonchev–Trinajstić information content (AvgIpc) is 2.62. The van der Waals surface area contributed by atoms with Gasteiger partial charge in [0, 0.05) is 16.8 Å². The number of benzene rings is 2. The summed E-state index contributed by atoms with van der Waals surface area (Å²) < 4.78 is 5.20. The molecule has 1 aliphatic rings. The minimum absolute atomic E-state index is 0.0361. The number of nitrogen functional groups attached to an aromatic ring is 1. The Labute approximate surface area is 150 Å². The number of methoxy groups -OCH3 is 1. The van der Waals surface area contributed by atoms with E-state index in [4.69, 9.17) is 27.1 Å². The molecule has 0 saturated heterocycles. The SMILES string of the molecule is COc1ccc(C2CC(=O)c3c(nc4ccc(Cl)cc4c3N)C2)cc1. The Balaban J connectivity index is 1.78. The van der Waals surface area contributed by atoms with Crippen LogP contribution in [0.25, 0.3) is 10.9 Å². The quantitative estimate of drug-likeness (QED) is 0.742. The summed E-state index contributed by atoms with van der Waals surface area (Å²) in [6, 6.07) is 13.2. The normalized spacial score (nSPS) is 16.7. The summed E-state index contributed by atoms with van der Waals surface area (Å²) in [5.74, 6) is 0.938. The van der Waals surface area contributed by atoms with Crippen LogP contribution in [0.3, 0.4) is 0 Å². The predicted octanol–water partition coefficient (Wildman–Crippen LogP) is 4.39. The molecule has 0 amide bonds. The number of carbonyl (C=O) groups excluding carboxylic acids is 1. The maximum Gasteiger partial charge on any atom is 0.167 e. The van der Waals surface area contributed by atoms with Crippen molar-refractivity contribution in [1.82, 2.24) is 4.98 Å². The number of carbonyl (C=O) groups is 1. The van der Waals surface area contributed by atoms with Gasteiger partial charge in [0.15, 0.2) is 5.78 Å². The molecule has 0 saturated carbocycles. The van der Waals surface area contributed by atoms with E-state index in [1.165, 1.54) is 0 Å². The number of hydrogen-bond donors (Lipinski definition) is 1. The van der Waals surface area contributed by atoms with Gasteiger partial charge in [0.1, 0.15) is 5.75 Å². The molecule has 1 unspecified atom stereocenters. The number of rotatable bonds is 2. The molecule has 25 heavy (non-hydrogen) atoms. The first-order valence-corrected chi connectivity index (χ1v) is 8.49. The molecule has 0 fully saturated rings. The van der Waals surface area contributed by atoms with E-state index in [1.54, 1.807) is 19.2 Å². The molecule has 4 rings (SSSR count). The molecule has 3 aromatic rings. The third-order valence-electron chi connectivity index (χ3n) is 4.80. The molecule has 1 heterocycles. The molecule has 0 bridgehead atoms. The number of pyridine rings is 1. The van der Waals surface area contributed by atoms with Gasteiger partial charge in [-0.15, -0.1) is 0 Å². The van der Waals surface area contributed by atoms with E-state index < -0.39 is 0 Å². The van der Waals surface area contributed by atoms with Crippen LogP contribution in [0, 0.1) is 0 Å². The van der Waals surface area contributed by atoms with Gasteiger partial charge < -0.3 is 10.5 Å². The summed E-state index contributed by atoms with van der Waals surface area (Å²) in [7, 11) is 1.64. The number of hydrogen-bond acceptors (Lipinski definition) is 4. The number of nitrogens with zero attached hydrogens (tertiary/aromatic N) is 1. The summed E-state index contributed by atoms with van der Waals surface area (Å²) in [4.78, 5) is 17.5. The van der Waals surface area contributed by atoms with Crippen molar-refractivity contribution in [3.05, 3.63) is 64.3 Å². The van der Waals surface area contributed by atoms with E-state index in [0.29, 0.717) is 29.1 Å². The van der Waals surface area contributed by atoms with Crippen LogP contribution in [-0.2, 0) is 6.42 Å². The zero-order valence-electron chi connectivity index (χ0n) is 13.8. The Bertz CT molecular complexity index is 983. The van der Waals surface area contributed by atoms with Crippen LogP contribution in [0.5, 0.6) is 5.75 Å². The lowest BCUT2D eigenvalue weighted by molar-refractivity contribution is 0.0964. The minimum atomic E-state index is 0.0361. The summed E-state index contributed by atoms with van der Waals surface area (Å²) in [5.41, 5.74) is 9.97. The third kappa shape index (κ3) is 2.72. The summed E-state index contributed by atoms with van der Waals surface area (Å²) in [6.07, 6.45) is 1.12. The van der Waals surface area contributed by atoms with Crippen LogP contribution in [-0.4, -0.2) is 17.9 Å². The van der Waals surface area contributed by atoms with E-state index in [-0.39, 0.29) is 11.7 Å². The van der Waals surface area contributed by atoms with Crippen molar-refractivity contribution in [2.75, 3.05) is 12.8 Å². The van der Waals surface area contributed by atoms with Gasteiger partial charge in [-0.05, 0) is 48.2 Å². The zero-order chi connectivity index (χ0) is 17.6. The predicted molar refractivity (Wildman–Crippen MR) is 99.6 cm³/mol. The summed E-state index contributed by atoms with van der Waals surface area (Å²) >= 11 is 6.06. The smallest absolute Gasteiger partial charge is 0.167 e. The second kappa shape index (κ2) is 6.05. The van der Waals surface area contributed by atoms with Crippen LogP contribution in [0.1, 0.15) is 34.0 Å². The highest BCUT2D eigenvalue weighted by Crippen LogP contribution is 2.37. The fourth-order valence-corrected chi connectivity index (χ4v) is 3.69. The van der Waals surface area contributed by atoms with Crippen molar-refractivity contribution < 1.29 is 9.53 Å². The number of nitrogens with two attached hydrogens (primary N) is 1. The van der Waals surface area contributed by atoms with Crippen LogP contribution in [0.15, 0.2) is 42.5 Å². The van der Waals surface area contributed by atoms with Crippen molar-refractivity contribution in [2.24, 2.45) is 0 Å². The highest BCUT2D eigenvalue weighted by Gasteiger charge is 2.30. The topological polar surface area (TPSA) is 65.2 Å². The van der Waals surface area contributed by atoms with Crippen LogP contribution in [0.4, 0.5) is 5.69 Å². The van der Waals surface area contributed by atoms with Gasteiger partial charge in [-0.25, -0.2) is 0 Å². The largest absolute Gasteiger partial charge is 0.497 e. The number of fused-ring (bicyclic) bond motifs is 2. The molecule has 126 valence electrons. The molecule has 0 radical (unpaired) electrons. The standard InChI is InChI=1S/C20H17ClN2O2/c1-25-14-5-2-11(3-6-14)12-8-17-19(18(24)9-12)20(22)15-10-13(21)4-7-16(15)23-17/h2-7,10,12H,8-9H2,1H3,(H2,22,23). The molecular formula is C20H17ClN2O2. The second-order valence-electron chi connectivity index (χ2n) is 6.31. The monoisotopic (exact) mass is 352 g/mol. The third-order valence-corrected chi connectivity index (χ3v) is 5.03. The first-order valence-electron chi connectivity index (χ1n) is 8.11. The first kappa shape index (κ1) is 15.9. The Morgan fingerprint density at radius 1 is 1.16 bits per heavy atom. The number of Topliss-reactive ketones (excluding diaryl/α,β-unsaturated/α-hetero) is 1. The highest BCUT2D eigenvalue weighted by molar-refractivity contribution is 6.31. The number of aromatic nitrogens is 1. The van der Waals surface area contributed by atoms with Crippen LogP contribution < -0.4 is 10.5 Å². The fraction of sp³-hybridized carbons (Fsp3) is 0.200. The van der Waals surface area contributed by atoms with E-state index in [2.05, 4.69) is 0 Å². The molecule has 1 aliphatic carbocycles. The Kier molecular flexibility index (Phi) is 3.85. The van der Waals surface area contributed by atoms with Crippen molar-refractivity contribution in [3.63, 3.8) is 0 Å². The number of ether oxygens (including phenoxy) is 1. The molecule has 0 spiro atoms. The Hall–Kier alpha value is -2.59. The van der Waals surface area contributed by atoms with Gasteiger partial charge >= 0.3 is 0 Å². The zero-order valence-corrected chi connectivity index (χ0v) is 14.5. The molecule has 2 aromatic carbocycles. The minimum Gasteiger partial charge on any atom is -0.497 e. The molecule has 4 nitrogen and oxygen atoms in total. The lowest BCUT2D eigenvalue weighted by Gasteiger charge is -2.25. The lowest BCUT2D eigenvalue weighted by Crippen LogP contribution is -2.22. The highest BCUT2D eigenvalue weighted by atomic mass is 35.5.